The molecule has 0 aliphatic carbocycles. The second-order valence-electron chi connectivity index (χ2n) is 11.9. The second kappa shape index (κ2) is 11.1. The largest absolute Gasteiger partial charge is 0.0654 e. The van der Waals surface area contributed by atoms with Crippen LogP contribution in [0.25, 0.3) is 76.5 Å². The van der Waals surface area contributed by atoms with Crippen molar-refractivity contribution in [3.63, 3.8) is 0 Å². The number of benzene rings is 8. The Hall–Kier alpha value is -5.20. The fourth-order valence-corrected chi connectivity index (χ4v) is 7.17. The molecule has 0 atom stereocenters. The van der Waals surface area contributed by atoms with E-state index in [1.54, 1.807) is 0 Å². The Morgan fingerprint density at radius 2 is 0.909 bits per heavy atom. The molecule has 0 unspecified atom stereocenters. The summed E-state index contributed by atoms with van der Waals surface area (Å²) in [5, 5.41) is 10.4. The van der Waals surface area contributed by atoms with E-state index in [4.69, 9.17) is 0 Å². The van der Waals surface area contributed by atoms with Crippen molar-refractivity contribution in [2.45, 2.75) is 26.2 Å². The Morgan fingerprint density at radius 1 is 0.386 bits per heavy atom. The van der Waals surface area contributed by atoms with Crippen LogP contribution >= 0.6 is 0 Å². The lowest BCUT2D eigenvalue weighted by atomic mass is 9.84. The summed E-state index contributed by atoms with van der Waals surface area (Å²) in [6.07, 6.45) is 3.46. The molecule has 0 saturated carbocycles. The van der Waals surface area contributed by atoms with Gasteiger partial charge in [-0.3, -0.25) is 0 Å². The highest BCUT2D eigenvalue weighted by Crippen LogP contribution is 2.45. The number of hydrogen-bond acceptors (Lipinski definition) is 0. The van der Waals surface area contributed by atoms with Gasteiger partial charge in [0.2, 0.25) is 0 Å². The fraction of sp³-hybridized carbons (Fsp3) is 0.0909. The van der Waals surface area contributed by atoms with Crippen LogP contribution in [0.1, 0.15) is 25.3 Å². The minimum absolute atomic E-state index is 1.09. The Balaban J connectivity index is 1.38. The molecule has 0 spiro atoms. The molecule has 0 nitrogen and oxygen atoms in total. The van der Waals surface area contributed by atoms with Crippen LogP contribution in [-0.2, 0) is 6.42 Å². The summed E-state index contributed by atoms with van der Waals surface area (Å²) in [6.45, 7) is 2.28. The molecule has 8 aromatic rings. The van der Waals surface area contributed by atoms with Crippen LogP contribution in [0.5, 0.6) is 0 Å². The smallest absolute Gasteiger partial charge is 0.00262 e. The Bertz CT molecular complexity index is 2260. The summed E-state index contributed by atoms with van der Waals surface area (Å²) in [6, 6.07) is 56.2. The van der Waals surface area contributed by atoms with Crippen molar-refractivity contribution in [1.29, 1.82) is 0 Å². The van der Waals surface area contributed by atoms with Gasteiger partial charge in [-0.05, 0) is 107 Å². The molecular formula is C44H34. The average molecular weight is 563 g/mol. The first kappa shape index (κ1) is 26.4. The van der Waals surface area contributed by atoms with E-state index in [-0.39, 0.29) is 0 Å². The first-order chi connectivity index (χ1) is 21.8. The number of rotatable bonds is 6. The Kier molecular flexibility index (Phi) is 6.69. The molecule has 0 N–H and O–H groups in total. The first-order valence-electron chi connectivity index (χ1n) is 15.8. The quantitative estimate of drug-likeness (QED) is 0.177. The van der Waals surface area contributed by atoms with Gasteiger partial charge in [-0.25, -0.2) is 0 Å². The van der Waals surface area contributed by atoms with Gasteiger partial charge in [0, 0.05) is 0 Å². The van der Waals surface area contributed by atoms with Crippen LogP contribution in [0, 0.1) is 0 Å². The minimum Gasteiger partial charge on any atom is -0.0654 e. The third kappa shape index (κ3) is 4.46. The minimum atomic E-state index is 1.09. The van der Waals surface area contributed by atoms with E-state index in [2.05, 4.69) is 159 Å². The molecule has 0 radical (unpaired) electrons. The first-order valence-corrected chi connectivity index (χ1v) is 15.8. The van der Waals surface area contributed by atoms with Crippen LogP contribution in [0.2, 0.25) is 0 Å². The molecule has 8 aromatic carbocycles. The van der Waals surface area contributed by atoms with E-state index >= 15 is 0 Å². The standard InChI is InChI=1S/C44H34/c1-2-3-18-38-36-19-7-6-14-31(36)26-27-37(38)33-16-12-17-34(29-33)43-39-20-8-10-22-41(39)44(42-23-11-9-21-40(42)43)35-25-24-30-13-4-5-15-32(30)28-35/h4-17,19-29H,2-3,18H2,1H3. The number of fused-ring (bicyclic) bond motifs is 4. The molecule has 44 heavy (non-hydrogen) atoms. The van der Waals surface area contributed by atoms with Crippen LogP contribution in [-0.4, -0.2) is 0 Å². The van der Waals surface area contributed by atoms with Crippen molar-refractivity contribution in [3.05, 3.63) is 157 Å². The Morgan fingerprint density at radius 3 is 1.57 bits per heavy atom. The average Bonchev–Trinajstić information content (AvgIpc) is 3.09. The van der Waals surface area contributed by atoms with Crippen molar-refractivity contribution < 1.29 is 0 Å². The van der Waals surface area contributed by atoms with E-state index in [0.717, 1.165) is 6.42 Å². The maximum absolute atomic E-state index is 2.42. The van der Waals surface area contributed by atoms with E-state index < -0.39 is 0 Å². The summed E-state index contributed by atoms with van der Waals surface area (Å²) in [5.41, 5.74) is 9.22. The van der Waals surface area contributed by atoms with Crippen molar-refractivity contribution in [2.75, 3.05) is 0 Å². The zero-order valence-electron chi connectivity index (χ0n) is 25.1. The molecule has 0 heterocycles. The molecule has 0 saturated heterocycles. The maximum atomic E-state index is 2.42. The predicted molar refractivity (Wildman–Crippen MR) is 191 cm³/mol. The highest BCUT2D eigenvalue weighted by atomic mass is 14.2. The predicted octanol–water partition coefficient (Wildman–Crippen LogP) is 12.6. The van der Waals surface area contributed by atoms with Gasteiger partial charge in [0.05, 0.1) is 0 Å². The molecule has 0 aliphatic heterocycles. The van der Waals surface area contributed by atoms with Crippen LogP contribution < -0.4 is 0 Å². The highest BCUT2D eigenvalue weighted by molar-refractivity contribution is 6.21. The zero-order chi connectivity index (χ0) is 29.5. The molecular weight excluding hydrogens is 528 g/mol. The maximum Gasteiger partial charge on any atom is -0.00262 e. The van der Waals surface area contributed by atoms with E-state index in [0.29, 0.717) is 0 Å². The van der Waals surface area contributed by atoms with Crippen molar-refractivity contribution >= 4 is 43.1 Å². The zero-order valence-corrected chi connectivity index (χ0v) is 25.1. The van der Waals surface area contributed by atoms with Gasteiger partial charge in [-0.15, -0.1) is 0 Å². The SMILES string of the molecule is CCCCc1c(-c2cccc(-c3c4ccccc4c(-c4ccc5ccccc5c4)c4ccccc34)c2)ccc2ccccc12. The van der Waals surface area contributed by atoms with Gasteiger partial charge in [-0.2, -0.15) is 0 Å². The summed E-state index contributed by atoms with van der Waals surface area (Å²) in [5.74, 6) is 0. The lowest BCUT2D eigenvalue weighted by Crippen LogP contribution is -1.94. The molecule has 0 bridgehead atoms. The van der Waals surface area contributed by atoms with Gasteiger partial charge in [-0.1, -0.05) is 153 Å². The summed E-state index contributed by atoms with van der Waals surface area (Å²) >= 11 is 0. The molecule has 0 aromatic heterocycles. The van der Waals surface area contributed by atoms with E-state index in [1.807, 2.05) is 0 Å². The third-order valence-electron chi connectivity index (χ3n) is 9.25. The van der Waals surface area contributed by atoms with Crippen molar-refractivity contribution in [1.82, 2.24) is 0 Å². The molecule has 0 aliphatic rings. The van der Waals surface area contributed by atoms with Crippen molar-refractivity contribution in [2.24, 2.45) is 0 Å². The molecule has 0 fully saturated rings. The second-order valence-corrected chi connectivity index (χ2v) is 11.9. The molecule has 0 heteroatoms. The van der Waals surface area contributed by atoms with Crippen LogP contribution in [0.15, 0.2) is 152 Å². The van der Waals surface area contributed by atoms with Gasteiger partial charge in [0.25, 0.3) is 0 Å². The summed E-state index contributed by atoms with van der Waals surface area (Å²) < 4.78 is 0. The molecule has 8 rings (SSSR count). The van der Waals surface area contributed by atoms with Gasteiger partial charge >= 0.3 is 0 Å². The van der Waals surface area contributed by atoms with E-state index in [9.17, 15) is 0 Å². The monoisotopic (exact) mass is 562 g/mol. The van der Waals surface area contributed by atoms with Gasteiger partial charge < -0.3 is 0 Å². The number of unbranched alkanes of at least 4 members (excludes halogenated alkanes) is 1. The third-order valence-corrected chi connectivity index (χ3v) is 9.25. The van der Waals surface area contributed by atoms with Gasteiger partial charge in [0.15, 0.2) is 0 Å². The lowest BCUT2D eigenvalue weighted by molar-refractivity contribution is 0.800. The fourth-order valence-electron chi connectivity index (χ4n) is 7.17. The number of aryl methyl sites for hydroxylation is 1. The van der Waals surface area contributed by atoms with Crippen LogP contribution in [0.4, 0.5) is 0 Å². The lowest BCUT2D eigenvalue weighted by Gasteiger charge is -2.19. The normalized spacial score (nSPS) is 11.6. The summed E-state index contributed by atoms with van der Waals surface area (Å²) in [4.78, 5) is 0. The molecule has 0 amide bonds. The molecule has 210 valence electrons. The summed E-state index contributed by atoms with van der Waals surface area (Å²) in [7, 11) is 0. The van der Waals surface area contributed by atoms with Gasteiger partial charge in [0.1, 0.15) is 0 Å². The van der Waals surface area contributed by atoms with Crippen molar-refractivity contribution in [3.8, 4) is 33.4 Å². The van der Waals surface area contributed by atoms with Crippen LogP contribution in [0.3, 0.4) is 0 Å². The topological polar surface area (TPSA) is 0 Å². The highest BCUT2D eigenvalue weighted by Gasteiger charge is 2.18. The van der Waals surface area contributed by atoms with E-state index in [1.165, 1.54) is 94.9 Å². The number of hydrogen-bond donors (Lipinski definition) is 0. The Labute approximate surface area is 259 Å².